The van der Waals surface area contributed by atoms with Gasteiger partial charge in [0, 0.05) is 93.4 Å². The molecule has 1 unspecified atom stereocenters. The van der Waals surface area contributed by atoms with E-state index < -0.39 is 88.1 Å². The minimum Gasteiger partial charge on any atom is -0.459 e. The van der Waals surface area contributed by atoms with E-state index in [4.69, 9.17) is 14.2 Å². The zero-order valence-corrected chi connectivity index (χ0v) is 31.8. The van der Waals surface area contributed by atoms with Crippen LogP contribution in [0.15, 0.2) is 28.7 Å². The molecular weight excluding hydrogens is 821 g/mol. The number of thiophene rings is 1. The van der Waals surface area contributed by atoms with Gasteiger partial charge in [-0.3, -0.25) is 14.4 Å². The molecular formula is C31H41AcNO11S. The number of amides is 1. The van der Waals surface area contributed by atoms with Gasteiger partial charge in [-0.15, -0.1) is 11.3 Å². The second-order valence-corrected chi connectivity index (χ2v) is 14.4. The van der Waals surface area contributed by atoms with E-state index in [0.717, 1.165) is 6.92 Å². The van der Waals surface area contributed by atoms with Gasteiger partial charge in [-0.2, -0.15) is 0 Å². The fourth-order valence-corrected chi connectivity index (χ4v) is 8.76. The SMILES string of the molecule is CC(=O)N[C@@H](c1cccs1)[C@@H](O)C(=O)OC1C[C@@]2(O)[C@@H](OC(C)=O)[C@@H]3[C@]4(O)CO[C@@H]4C[C@H](O)[C@@]3(C)C(=O)CC(=C1C)C2(C)C.[Ac]. The van der Waals surface area contributed by atoms with Crippen LogP contribution in [-0.2, 0) is 33.4 Å². The molecule has 1 aromatic rings. The Morgan fingerprint density at radius 1 is 1.16 bits per heavy atom. The number of carbonyl (C=O) groups excluding carboxylic acids is 4. The number of aliphatic hydroxyl groups excluding tert-OH is 2. The zero-order chi connectivity index (χ0) is 32.6. The Bertz CT molecular complexity index is 1400. The summed E-state index contributed by atoms with van der Waals surface area (Å²) in [7, 11) is 0. The first-order valence-corrected chi connectivity index (χ1v) is 15.6. The van der Waals surface area contributed by atoms with Crippen LogP contribution >= 0.6 is 11.3 Å². The number of aliphatic hydroxyl groups is 4. The second-order valence-electron chi connectivity index (χ2n) is 13.4. The molecule has 14 heteroatoms. The van der Waals surface area contributed by atoms with Crippen LogP contribution in [0.4, 0.5) is 0 Å². The first kappa shape index (κ1) is 36.6. The van der Waals surface area contributed by atoms with Crippen LogP contribution in [-0.4, -0.2) is 92.4 Å². The molecule has 2 saturated carbocycles. The Kier molecular flexibility index (Phi) is 10.3. The molecule has 1 aliphatic heterocycles. The summed E-state index contributed by atoms with van der Waals surface area (Å²) in [5.41, 5.74) is -5.66. The van der Waals surface area contributed by atoms with E-state index in [-0.39, 0.29) is 69.9 Å². The van der Waals surface area contributed by atoms with Gasteiger partial charge >= 0.3 is 11.9 Å². The number of carbonyl (C=O) groups is 4. The van der Waals surface area contributed by atoms with Gasteiger partial charge in [0.25, 0.3) is 0 Å². The Balaban J connectivity index is 0.00000461. The van der Waals surface area contributed by atoms with Crippen molar-refractivity contribution in [3.8, 4) is 0 Å². The summed E-state index contributed by atoms with van der Waals surface area (Å²) in [5.74, 6) is -4.00. The van der Waals surface area contributed by atoms with Crippen LogP contribution in [0, 0.1) is 60.8 Å². The Hall–Kier alpha value is -1.24. The van der Waals surface area contributed by atoms with Crippen molar-refractivity contribution in [3.63, 3.8) is 0 Å². The molecule has 0 aromatic carbocycles. The maximum Gasteiger partial charge on any atom is 0.338 e. The summed E-state index contributed by atoms with van der Waals surface area (Å²) in [6, 6.07) is 2.28. The van der Waals surface area contributed by atoms with E-state index in [1.807, 2.05) is 0 Å². The number of esters is 2. The molecule has 10 atom stereocenters. The summed E-state index contributed by atoms with van der Waals surface area (Å²) < 4.78 is 17.2. The molecule has 3 fully saturated rings. The molecule has 45 heavy (non-hydrogen) atoms. The van der Waals surface area contributed by atoms with Gasteiger partial charge < -0.3 is 40.0 Å². The van der Waals surface area contributed by atoms with Gasteiger partial charge in [0.05, 0.1) is 24.2 Å². The second kappa shape index (κ2) is 12.7. The van der Waals surface area contributed by atoms with Gasteiger partial charge in [0.1, 0.15) is 35.2 Å². The molecule has 1 amide bonds. The molecule has 1 radical (unpaired) electrons. The predicted octanol–water partition coefficient (Wildman–Crippen LogP) is 1.10. The van der Waals surface area contributed by atoms with Crippen LogP contribution in [0.2, 0.25) is 0 Å². The molecule has 12 nitrogen and oxygen atoms in total. The van der Waals surface area contributed by atoms with Crippen molar-refractivity contribution in [1.82, 2.24) is 5.32 Å². The van der Waals surface area contributed by atoms with Crippen molar-refractivity contribution < 1.29 is 97.9 Å². The van der Waals surface area contributed by atoms with E-state index in [2.05, 4.69) is 5.32 Å². The Morgan fingerprint density at radius 3 is 2.36 bits per heavy atom. The molecule has 0 spiro atoms. The van der Waals surface area contributed by atoms with Gasteiger partial charge in [0.2, 0.25) is 5.91 Å². The third-order valence-corrected chi connectivity index (χ3v) is 11.7. The minimum atomic E-state index is -2.02. The van der Waals surface area contributed by atoms with E-state index in [0.29, 0.717) is 16.0 Å². The molecule has 1 saturated heterocycles. The quantitative estimate of drug-likeness (QED) is 0.204. The number of ether oxygens (including phenoxy) is 3. The van der Waals surface area contributed by atoms with Gasteiger partial charge in [-0.1, -0.05) is 25.5 Å². The van der Waals surface area contributed by atoms with Crippen LogP contribution in [0.3, 0.4) is 0 Å². The van der Waals surface area contributed by atoms with Crippen molar-refractivity contribution in [1.29, 1.82) is 0 Å². The molecule has 2 bridgehead atoms. The number of nitrogens with one attached hydrogen (secondary N) is 1. The number of ketones is 1. The minimum absolute atomic E-state index is 0. The van der Waals surface area contributed by atoms with Crippen molar-refractivity contribution in [2.45, 2.75) is 109 Å². The molecule has 5 rings (SSSR count). The Morgan fingerprint density at radius 2 is 1.82 bits per heavy atom. The third-order valence-electron chi connectivity index (χ3n) is 10.7. The number of hydrogen-bond acceptors (Lipinski definition) is 12. The zero-order valence-electron chi connectivity index (χ0n) is 26.2. The first-order valence-electron chi connectivity index (χ1n) is 14.7. The van der Waals surface area contributed by atoms with Crippen LogP contribution in [0.5, 0.6) is 0 Å². The smallest absolute Gasteiger partial charge is 0.338 e. The average molecular weight is 863 g/mol. The molecule has 3 aliphatic carbocycles. The number of rotatable bonds is 6. The van der Waals surface area contributed by atoms with Crippen LogP contribution < -0.4 is 5.32 Å². The summed E-state index contributed by atoms with van der Waals surface area (Å²) in [6.07, 6.45) is -7.17. The largest absolute Gasteiger partial charge is 0.459 e. The number of Topliss-reactive ketones (excluding diaryl/α,β-unsaturated/α-hetero) is 1. The average Bonchev–Trinajstić information content (AvgIpc) is 3.47. The van der Waals surface area contributed by atoms with Crippen molar-refractivity contribution in [2.24, 2.45) is 16.7 Å². The van der Waals surface area contributed by atoms with Gasteiger partial charge in [-0.05, 0) is 30.9 Å². The van der Waals surface area contributed by atoms with Gasteiger partial charge in [-0.25, -0.2) is 4.79 Å². The van der Waals surface area contributed by atoms with E-state index in [1.165, 1.54) is 25.2 Å². The third kappa shape index (κ3) is 5.69. The van der Waals surface area contributed by atoms with E-state index in [9.17, 15) is 39.6 Å². The van der Waals surface area contributed by atoms with Crippen LogP contribution in [0.1, 0.15) is 71.7 Å². The van der Waals surface area contributed by atoms with Crippen molar-refractivity contribution >= 4 is 35.0 Å². The molecule has 2 heterocycles. The standard InChI is InChI=1S/C31H41NO11S.Ac/c1-14-17-10-20(35)29(6)21(36)11-22-30(39,13-41-22)25(29)26(42-16(3)34)31(40,28(17,4)5)12-18(14)43-27(38)24(37)23(32-15(2)33)19-8-7-9-44-19;/h7-9,18,21-26,36-37,39-40H,10-13H2,1-6H3,(H,32,33);/t18?,21-,22+,23-,24+,25-,26-,29+,30-,31+;/m0./s1. The van der Waals surface area contributed by atoms with E-state index in [1.54, 1.807) is 38.3 Å². The number of fused-ring (bicyclic) bond motifs is 5. The van der Waals surface area contributed by atoms with E-state index >= 15 is 0 Å². The van der Waals surface area contributed by atoms with Crippen LogP contribution in [0.25, 0.3) is 0 Å². The maximum atomic E-state index is 14.2. The van der Waals surface area contributed by atoms with Gasteiger partial charge in [0.15, 0.2) is 6.10 Å². The fourth-order valence-electron chi connectivity index (χ4n) is 7.96. The first-order chi connectivity index (χ1) is 20.4. The topological polar surface area (TPSA) is 189 Å². The van der Waals surface area contributed by atoms with Crippen molar-refractivity contribution in [2.75, 3.05) is 6.61 Å². The Labute approximate surface area is 301 Å². The molecule has 5 N–H and O–H groups in total. The monoisotopic (exact) mass is 862 g/mol. The predicted molar refractivity (Wildman–Crippen MR) is 155 cm³/mol. The normalized spacial score (nSPS) is 38.1. The van der Waals surface area contributed by atoms with Crippen molar-refractivity contribution in [3.05, 3.63) is 33.5 Å². The fraction of sp³-hybridized carbons (Fsp3) is 0.677. The molecule has 4 aliphatic rings. The maximum absolute atomic E-state index is 14.2. The number of hydrogen-bond donors (Lipinski definition) is 5. The summed E-state index contributed by atoms with van der Waals surface area (Å²) in [5, 5.41) is 51.4. The molecule has 245 valence electrons. The summed E-state index contributed by atoms with van der Waals surface area (Å²) in [6.45, 7) is 8.82. The summed E-state index contributed by atoms with van der Waals surface area (Å²) in [4.78, 5) is 52.7. The summed E-state index contributed by atoms with van der Waals surface area (Å²) >= 11 is 1.23. The molecule has 1 aromatic heterocycles.